The zero-order valence-electron chi connectivity index (χ0n) is 20.9. The Morgan fingerprint density at radius 3 is 1.78 bits per heavy atom. The van der Waals surface area contributed by atoms with Gasteiger partial charge in [0.1, 0.15) is 11.5 Å². The fraction of sp³-hybridized carbons (Fsp3) is 0.312. The highest BCUT2D eigenvalue weighted by Crippen LogP contribution is 2.24. The van der Waals surface area contributed by atoms with E-state index >= 15 is 0 Å². The van der Waals surface area contributed by atoms with Gasteiger partial charge in [-0.25, -0.2) is 4.98 Å². The summed E-state index contributed by atoms with van der Waals surface area (Å²) in [6, 6.07) is 29.2. The van der Waals surface area contributed by atoms with Crippen molar-refractivity contribution in [3.63, 3.8) is 0 Å². The summed E-state index contributed by atoms with van der Waals surface area (Å²) in [6.45, 7) is 1.53. The minimum atomic E-state index is 0.748. The van der Waals surface area contributed by atoms with Crippen molar-refractivity contribution in [3.05, 3.63) is 96.2 Å². The first-order chi connectivity index (χ1) is 17.8. The fourth-order valence-corrected chi connectivity index (χ4v) is 4.56. The Labute approximate surface area is 214 Å². The van der Waals surface area contributed by atoms with Crippen LogP contribution in [0, 0.1) is 0 Å². The molecule has 0 aliphatic carbocycles. The van der Waals surface area contributed by atoms with Gasteiger partial charge in [0.05, 0.1) is 30.3 Å². The number of benzene rings is 2. The monoisotopic (exact) mass is 478 g/mol. The van der Waals surface area contributed by atoms with E-state index in [4.69, 9.17) is 19.4 Å². The Balaban J connectivity index is 1.33. The van der Waals surface area contributed by atoms with Crippen LogP contribution >= 0.6 is 0 Å². The van der Waals surface area contributed by atoms with Crippen LogP contribution in [0.1, 0.15) is 49.8 Å². The first-order valence-corrected chi connectivity index (χ1v) is 13.2. The van der Waals surface area contributed by atoms with Crippen LogP contribution in [0.4, 0.5) is 0 Å². The number of nitrogens with zero attached hydrogens (tertiary/aromatic N) is 2. The summed E-state index contributed by atoms with van der Waals surface area (Å²) >= 11 is 0. The highest BCUT2D eigenvalue weighted by molar-refractivity contribution is 5.64. The van der Waals surface area contributed by atoms with Gasteiger partial charge in [0, 0.05) is 11.3 Å². The number of hydrogen-bond acceptors (Lipinski definition) is 4. The number of rotatable bonds is 0. The van der Waals surface area contributed by atoms with Gasteiger partial charge < -0.3 is 9.47 Å². The van der Waals surface area contributed by atoms with Gasteiger partial charge in [-0.3, -0.25) is 4.98 Å². The molecule has 4 aliphatic heterocycles. The van der Waals surface area contributed by atoms with E-state index in [0.717, 1.165) is 85.2 Å². The van der Waals surface area contributed by atoms with Crippen molar-refractivity contribution in [2.45, 2.75) is 51.4 Å². The zero-order valence-corrected chi connectivity index (χ0v) is 20.9. The van der Waals surface area contributed by atoms with Crippen LogP contribution in [0.2, 0.25) is 0 Å². The molecule has 0 saturated carbocycles. The Morgan fingerprint density at radius 1 is 0.472 bits per heavy atom. The van der Waals surface area contributed by atoms with Gasteiger partial charge in [-0.05, 0) is 98.3 Å². The van der Waals surface area contributed by atoms with Gasteiger partial charge in [0.15, 0.2) is 0 Å². The van der Waals surface area contributed by atoms with Crippen LogP contribution in [0.25, 0.3) is 22.6 Å². The van der Waals surface area contributed by atoms with Crippen LogP contribution in [-0.2, 0) is 12.8 Å². The van der Waals surface area contributed by atoms with Crippen molar-refractivity contribution in [3.8, 4) is 34.1 Å². The molecule has 4 aromatic rings. The maximum Gasteiger partial charge on any atom is 0.119 e. The molecule has 0 fully saturated rings. The molecule has 8 rings (SSSR count). The van der Waals surface area contributed by atoms with Crippen molar-refractivity contribution in [1.82, 2.24) is 9.97 Å². The fourth-order valence-electron chi connectivity index (χ4n) is 4.56. The first kappa shape index (κ1) is 24.1. The summed E-state index contributed by atoms with van der Waals surface area (Å²) in [6.07, 6.45) is 8.76. The Bertz CT molecular complexity index is 1240. The highest BCUT2D eigenvalue weighted by Gasteiger charge is 2.07. The molecule has 0 radical (unpaired) electrons. The average molecular weight is 479 g/mol. The highest BCUT2D eigenvalue weighted by atomic mass is 16.5. The summed E-state index contributed by atoms with van der Waals surface area (Å²) < 4.78 is 11.9. The SMILES string of the molecule is c1cc2nc(c1)-c1cccc(n1)-c1ccc(cc1)OCCCCCCCOc1ccc(cc1)CCC2. The third-order valence-corrected chi connectivity index (χ3v) is 6.62. The van der Waals surface area contributed by atoms with Crippen molar-refractivity contribution < 1.29 is 9.47 Å². The normalized spacial score (nSPS) is 15.1. The van der Waals surface area contributed by atoms with E-state index in [9.17, 15) is 0 Å². The lowest BCUT2D eigenvalue weighted by atomic mass is 10.1. The van der Waals surface area contributed by atoms with Crippen molar-refractivity contribution in [2.24, 2.45) is 0 Å². The molecule has 4 nitrogen and oxygen atoms in total. The van der Waals surface area contributed by atoms with E-state index in [2.05, 4.69) is 54.6 Å². The molecule has 0 spiro atoms. The van der Waals surface area contributed by atoms with E-state index in [1.54, 1.807) is 0 Å². The lowest BCUT2D eigenvalue weighted by molar-refractivity contribution is 0.293. The number of hydrogen-bond donors (Lipinski definition) is 0. The maximum absolute atomic E-state index is 5.96. The van der Waals surface area contributed by atoms with Gasteiger partial charge in [0.25, 0.3) is 0 Å². The summed E-state index contributed by atoms with van der Waals surface area (Å²) in [7, 11) is 0. The molecular formula is C32H34N2O2. The second kappa shape index (κ2) is 12.3. The standard InChI is InChI=1S/C32H34N2O2/c1-2-4-23-35-28-19-15-25(16-20-28)9-6-10-27-11-7-13-31(33-27)32-14-8-12-30(34-32)26-17-21-29(22-18-26)36-24-5-3-1/h7-8,11-22H,1-6,9-10,23-24H2. The van der Waals surface area contributed by atoms with Gasteiger partial charge in [-0.1, -0.05) is 43.5 Å². The quantitative estimate of drug-likeness (QED) is 0.260. The van der Waals surface area contributed by atoms with Gasteiger partial charge in [0.2, 0.25) is 0 Å². The number of aryl methyl sites for hydroxylation is 2. The summed E-state index contributed by atoms with van der Waals surface area (Å²) in [5, 5.41) is 0. The second-order valence-electron chi connectivity index (χ2n) is 9.41. The third-order valence-electron chi connectivity index (χ3n) is 6.62. The van der Waals surface area contributed by atoms with E-state index in [0.29, 0.717) is 0 Å². The molecule has 36 heavy (non-hydrogen) atoms. The predicted octanol–water partition coefficient (Wildman–Crippen LogP) is 7.71. The number of pyridine rings is 2. The van der Waals surface area contributed by atoms with Crippen molar-refractivity contribution in [1.29, 1.82) is 0 Å². The van der Waals surface area contributed by atoms with E-state index in [-0.39, 0.29) is 0 Å². The number of aromatic nitrogens is 2. The maximum atomic E-state index is 5.96. The van der Waals surface area contributed by atoms with Crippen molar-refractivity contribution in [2.75, 3.05) is 13.2 Å². The second-order valence-corrected chi connectivity index (χ2v) is 9.41. The Hall–Kier alpha value is -3.66. The molecule has 0 N–H and O–H groups in total. The molecular weight excluding hydrogens is 444 g/mol. The molecule has 2 aromatic carbocycles. The van der Waals surface area contributed by atoms with E-state index < -0.39 is 0 Å². The summed E-state index contributed by atoms with van der Waals surface area (Å²) in [4.78, 5) is 9.83. The van der Waals surface area contributed by atoms with E-state index in [1.807, 2.05) is 30.3 Å². The van der Waals surface area contributed by atoms with Crippen molar-refractivity contribution >= 4 is 0 Å². The lowest BCUT2D eigenvalue weighted by Crippen LogP contribution is -1.99. The molecule has 0 saturated heterocycles. The predicted molar refractivity (Wildman–Crippen MR) is 145 cm³/mol. The Morgan fingerprint density at radius 2 is 1.06 bits per heavy atom. The largest absolute Gasteiger partial charge is 0.494 e. The van der Waals surface area contributed by atoms with Gasteiger partial charge >= 0.3 is 0 Å². The van der Waals surface area contributed by atoms with Crippen LogP contribution in [0.3, 0.4) is 0 Å². The molecule has 2 aromatic heterocycles. The molecule has 0 amide bonds. The minimum Gasteiger partial charge on any atom is -0.494 e. The smallest absolute Gasteiger partial charge is 0.119 e. The van der Waals surface area contributed by atoms with Crippen LogP contribution in [-0.4, -0.2) is 23.2 Å². The summed E-state index contributed by atoms with van der Waals surface area (Å²) in [5.41, 5.74) is 6.27. The Kier molecular flexibility index (Phi) is 8.25. The molecule has 4 heteroatoms. The molecule has 8 bridgehead atoms. The van der Waals surface area contributed by atoms with Crippen LogP contribution < -0.4 is 9.47 Å². The average Bonchev–Trinajstić information content (AvgIpc) is 2.93. The third kappa shape index (κ3) is 6.72. The molecule has 6 heterocycles. The summed E-state index contributed by atoms with van der Waals surface area (Å²) in [5.74, 6) is 1.87. The van der Waals surface area contributed by atoms with Crippen LogP contribution in [0.5, 0.6) is 11.5 Å². The molecule has 0 atom stereocenters. The number of ether oxygens (including phenoxy) is 2. The molecule has 4 aliphatic rings. The lowest BCUT2D eigenvalue weighted by Gasteiger charge is -2.10. The molecule has 184 valence electrons. The minimum absolute atomic E-state index is 0.748. The van der Waals surface area contributed by atoms with Crippen LogP contribution in [0.15, 0.2) is 84.9 Å². The molecule has 0 unspecified atom stereocenters. The zero-order chi connectivity index (χ0) is 24.4. The first-order valence-electron chi connectivity index (χ1n) is 13.2. The van der Waals surface area contributed by atoms with Gasteiger partial charge in [-0.2, -0.15) is 0 Å². The van der Waals surface area contributed by atoms with E-state index in [1.165, 1.54) is 24.8 Å². The van der Waals surface area contributed by atoms with Gasteiger partial charge in [-0.15, -0.1) is 0 Å². The topological polar surface area (TPSA) is 44.2 Å².